The molecule has 1 saturated heterocycles. The molecule has 1 heterocycles. The van der Waals surface area contributed by atoms with E-state index in [2.05, 4.69) is 12.2 Å². The van der Waals surface area contributed by atoms with E-state index < -0.39 is 74.2 Å². The average molecular weight is 692 g/mol. The molecule has 0 aromatic rings. The van der Waals surface area contributed by atoms with E-state index in [-0.39, 0.29) is 6.42 Å². The van der Waals surface area contributed by atoms with Crippen molar-refractivity contribution in [1.82, 2.24) is 5.32 Å². The van der Waals surface area contributed by atoms with Crippen molar-refractivity contribution in [2.45, 2.75) is 217 Å². The van der Waals surface area contributed by atoms with E-state index in [0.717, 1.165) is 32.1 Å². The van der Waals surface area contributed by atoms with Crippen LogP contribution in [0.4, 0.5) is 0 Å². The van der Waals surface area contributed by atoms with Crippen molar-refractivity contribution in [3.8, 4) is 0 Å². The van der Waals surface area contributed by atoms with Crippen molar-refractivity contribution in [3.63, 3.8) is 0 Å². The first-order chi connectivity index (χ1) is 23.2. The largest absolute Gasteiger partial charge is 0.394 e. The Balaban J connectivity index is 2.33. The van der Waals surface area contributed by atoms with Crippen LogP contribution in [0, 0.1) is 0 Å². The highest BCUT2D eigenvalue weighted by Crippen LogP contribution is 2.23. The molecule has 1 aliphatic heterocycles. The van der Waals surface area contributed by atoms with E-state index in [0.29, 0.717) is 19.3 Å². The summed E-state index contributed by atoms with van der Waals surface area (Å²) in [5.41, 5.74) is 0. The molecule has 0 spiro atoms. The SMILES string of the molecule is CCCCCCCCCCCCCCCCCCCCC(O)C(=O)NC(COC1OC(CO)C(O)C(O)C1O)C(O)C(O)CCCCC. The number of rotatable bonds is 31. The quantitative estimate of drug-likeness (QED) is 0.0485. The maximum Gasteiger partial charge on any atom is 0.249 e. The number of hydrogen-bond donors (Lipinski definition) is 8. The molecule has 9 unspecified atom stereocenters. The first-order valence-corrected chi connectivity index (χ1v) is 19.4. The van der Waals surface area contributed by atoms with Crippen LogP contribution in [0.15, 0.2) is 0 Å². The third kappa shape index (κ3) is 19.5. The van der Waals surface area contributed by atoms with Gasteiger partial charge in [0.2, 0.25) is 5.91 Å². The number of unbranched alkanes of at least 4 members (excludes halogenated alkanes) is 19. The number of aliphatic hydroxyl groups is 7. The number of amides is 1. The second-order valence-electron chi connectivity index (χ2n) is 14.0. The van der Waals surface area contributed by atoms with E-state index in [1.165, 1.54) is 89.9 Å². The lowest BCUT2D eigenvalue weighted by molar-refractivity contribution is -0.303. The second kappa shape index (κ2) is 28.8. The first kappa shape index (κ1) is 45.1. The van der Waals surface area contributed by atoms with Gasteiger partial charge in [0.05, 0.1) is 25.4 Å². The molecule has 286 valence electrons. The number of ether oxygens (including phenoxy) is 2. The molecule has 48 heavy (non-hydrogen) atoms. The van der Waals surface area contributed by atoms with Crippen LogP contribution in [0.25, 0.3) is 0 Å². The van der Waals surface area contributed by atoms with Gasteiger partial charge in [0.1, 0.15) is 36.6 Å². The van der Waals surface area contributed by atoms with Crippen molar-refractivity contribution in [3.05, 3.63) is 0 Å². The molecule has 0 saturated carbocycles. The van der Waals surface area contributed by atoms with Gasteiger partial charge in [0.25, 0.3) is 0 Å². The van der Waals surface area contributed by atoms with Gasteiger partial charge in [0, 0.05) is 0 Å². The Morgan fingerprint density at radius 3 is 1.56 bits per heavy atom. The standard InChI is InChI=1S/C37H73NO10/c1-3-5-7-8-9-10-11-12-13-14-15-16-17-18-19-20-21-23-25-30(41)36(46)38-28(32(42)29(40)24-22-6-4-2)27-47-37-35(45)34(44)33(43)31(26-39)48-37/h28-35,37,39-45H,3-27H2,1-2H3,(H,38,46). The zero-order chi connectivity index (χ0) is 35.6. The second-order valence-corrected chi connectivity index (χ2v) is 14.0. The van der Waals surface area contributed by atoms with Crippen molar-refractivity contribution >= 4 is 5.91 Å². The van der Waals surface area contributed by atoms with Gasteiger partial charge < -0.3 is 50.5 Å². The first-order valence-electron chi connectivity index (χ1n) is 19.4. The van der Waals surface area contributed by atoms with Crippen molar-refractivity contribution < 1.29 is 50.0 Å². The summed E-state index contributed by atoms with van der Waals surface area (Å²) < 4.78 is 10.9. The third-order valence-corrected chi connectivity index (χ3v) is 9.66. The van der Waals surface area contributed by atoms with E-state index in [1.807, 2.05) is 6.92 Å². The molecule has 1 amide bonds. The summed E-state index contributed by atoms with van der Waals surface area (Å²) >= 11 is 0. The Hall–Kier alpha value is -0.890. The van der Waals surface area contributed by atoms with Gasteiger partial charge in [0.15, 0.2) is 6.29 Å². The highest BCUT2D eigenvalue weighted by Gasteiger charge is 2.44. The minimum atomic E-state index is -1.65. The van der Waals surface area contributed by atoms with E-state index >= 15 is 0 Å². The summed E-state index contributed by atoms with van der Waals surface area (Å²) in [7, 11) is 0. The Morgan fingerprint density at radius 2 is 1.08 bits per heavy atom. The Bertz CT molecular complexity index is 760. The molecule has 1 rings (SSSR count). The number of hydrogen-bond acceptors (Lipinski definition) is 10. The molecule has 0 aromatic heterocycles. The van der Waals surface area contributed by atoms with Gasteiger partial charge in [-0.05, 0) is 12.8 Å². The van der Waals surface area contributed by atoms with E-state index in [9.17, 15) is 40.5 Å². The molecule has 11 heteroatoms. The summed E-state index contributed by atoms with van der Waals surface area (Å²) in [6.45, 7) is 3.22. The lowest BCUT2D eigenvalue weighted by Crippen LogP contribution is -2.60. The normalized spacial score (nSPS) is 23.9. The minimum Gasteiger partial charge on any atom is -0.394 e. The van der Waals surface area contributed by atoms with Gasteiger partial charge in [-0.3, -0.25) is 4.79 Å². The fourth-order valence-electron chi connectivity index (χ4n) is 6.32. The smallest absolute Gasteiger partial charge is 0.249 e. The van der Waals surface area contributed by atoms with Gasteiger partial charge in [-0.25, -0.2) is 0 Å². The summed E-state index contributed by atoms with van der Waals surface area (Å²) in [5, 5.41) is 74.4. The van der Waals surface area contributed by atoms with Crippen molar-refractivity contribution in [1.29, 1.82) is 0 Å². The van der Waals surface area contributed by atoms with Crippen LogP contribution in [-0.4, -0.2) is 110 Å². The fraction of sp³-hybridized carbons (Fsp3) is 0.973. The maximum absolute atomic E-state index is 12.9. The van der Waals surface area contributed by atoms with Crippen LogP contribution < -0.4 is 5.32 Å². The highest BCUT2D eigenvalue weighted by molar-refractivity contribution is 5.80. The zero-order valence-electron chi connectivity index (χ0n) is 30.2. The van der Waals surface area contributed by atoms with Gasteiger partial charge in [-0.15, -0.1) is 0 Å². The van der Waals surface area contributed by atoms with E-state index in [4.69, 9.17) is 9.47 Å². The molecule has 8 N–H and O–H groups in total. The van der Waals surface area contributed by atoms with Crippen LogP contribution in [0.5, 0.6) is 0 Å². The average Bonchev–Trinajstić information content (AvgIpc) is 3.08. The minimum absolute atomic E-state index is 0.264. The third-order valence-electron chi connectivity index (χ3n) is 9.66. The summed E-state index contributed by atoms with van der Waals surface area (Å²) in [4.78, 5) is 12.9. The van der Waals surface area contributed by atoms with Gasteiger partial charge in [-0.1, -0.05) is 149 Å². The van der Waals surface area contributed by atoms with Crippen LogP contribution in [0.3, 0.4) is 0 Å². The van der Waals surface area contributed by atoms with Crippen molar-refractivity contribution in [2.24, 2.45) is 0 Å². The monoisotopic (exact) mass is 692 g/mol. The van der Waals surface area contributed by atoms with Crippen molar-refractivity contribution in [2.75, 3.05) is 13.2 Å². The molecule has 1 aliphatic rings. The maximum atomic E-state index is 12.9. The van der Waals surface area contributed by atoms with Crippen LogP contribution >= 0.6 is 0 Å². The number of carbonyl (C=O) groups is 1. The Kier molecular flexibility index (Phi) is 27.0. The summed E-state index contributed by atoms with van der Waals surface area (Å²) in [6.07, 6.45) is 14.2. The van der Waals surface area contributed by atoms with Gasteiger partial charge >= 0.3 is 0 Å². The predicted octanol–water partition coefficient (Wildman–Crippen LogP) is 4.38. The Morgan fingerprint density at radius 1 is 0.646 bits per heavy atom. The number of aliphatic hydroxyl groups excluding tert-OH is 7. The topological polar surface area (TPSA) is 189 Å². The molecule has 0 radical (unpaired) electrons. The summed E-state index contributed by atoms with van der Waals surface area (Å²) in [5.74, 6) is -0.704. The highest BCUT2D eigenvalue weighted by atomic mass is 16.7. The Labute approximate surface area is 290 Å². The lowest BCUT2D eigenvalue weighted by Gasteiger charge is -2.40. The predicted molar refractivity (Wildman–Crippen MR) is 187 cm³/mol. The lowest BCUT2D eigenvalue weighted by atomic mass is 9.98. The molecule has 0 aromatic carbocycles. The molecule has 0 bridgehead atoms. The van der Waals surface area contributed by atoms with Crippen LogP contribution in [-0.2, 0) is 14.3 Å². The van der Waals surface area contributed by atoms with Gasteiger partial charge in [-0.2, -0.15) is 0 Å². The molecular weight excluding hydrogens is 618 g/mol. The van der Waals surface area contributed by atoms with E-state index in [1.54, 1.807) is 0 Å². The van der Waals surface area contributed by atoms with Crippen LogP contribution in [0.2, 0.25) is 0 Å². The zero-order valence-corrected chi connectivity index (χ0v) is 30.2. The molecular formula is C37H73NO10. The summed E-state index contributed by atoms with van der Waals surface area (Å²) in [6, 6.07) is -1.16. The molecule has 1 fully saturated rings. The molecule has 9 atom stereocenters. The molecule has 11 nitrogen and oxygen atoms in total. The fourth-order valence-corrected chi connectivity index (χ4v) is 6.32. The number of carbonyl (C=O) groups excluding carboxylic acids is 1. The van der Waals surface area contributed by atoms with Crippen LogP contribution in [0.1, 0.15) is 162 Å². The molecule has 0 aliphatic carbocycles. The number of nitrogens with one attached hydrogen (secondary N) is 1.